The summed E-state index contributed by atoms with van der Waals surface area (Å²) in [6.45, 7) is 0.491. The molecule has 1 N–H and O–H groups in total. The molecule has 138 valence electrons. The van der Waals surface area contributed by atoms with Gasteiger partial charge in [-0.1, -0.05) is 47.6 Å². The summed E-state index contributed by atoms with van der Waals surface area (Å²) in [6, 6.07) is 17.0. The van der Waals surface area contributed by atoms with Crippen LogP contribution in [-0.2, 0) is 11.3 Å². The molecule has 1 aliphatic rings. The minimum atomic E-state index is -0.376. The first-order chi connectivity index (χ1) is 13.7. The van der Waals surface area contributed by atoms with E-state index in [-0.39, 0.29) is 17.2 Å². The Morgan fingerprint density at radius 2 is 1.96 bits per heavy atom. The highest BCUT2D eigenvalue weighted by Gasteiger charge is 2.25. The van der Waals surface area contributed by atoms with Crippen molar-refractivity contribution in [1.82, 2.24) is 9.88 Å². The lowest BCUT2D eigenvalue weighted by Gasteiger charge is -2.14. The van der Waals surface area contributed by atoms with Crippen molar-refractivity contribution >= 4 is 39.9 Å². The maximum absolute atomic E-state index is 11.8. The molecule has 0 bridgehead atoms. The first-order valence-electron chi connectivity index (χ1n) is 8.57. The number of azide groups is 1. The number of benzene rings is 2. The molecule has 0 aliphatic carbocycles. The normalized spacial score (nSPS) is 16.2. The molecule has 2 aromatic carbocycles. The smallest absolute Gasteiger partial charge is 0.290 e. The third-order valence-corrected chi connectivity index (χ3v) is 5.33. The standard InChI is InChI=1S/C20H15N5O2S/c21-24-23-16(13-5-2-1-3-6-13)12-25-10-9-15-14(7-4-8-17(15)25)11-18-19(26)22-20(27)28-18/h1-11,16H,12H2,(H,22,26,27). The Bertz CT molecular complexity index is 1150. The second-order valence-corrected chi connectivity index (χ2v) is 7.25. The molecule has 1 aliphatic heterocycles. The molecule has 7 nitrogen and oxygen atoms in total. The zero-order valence-corrected chi connectivity index (χ0v) is 15.5. The number of amides is 2. The fourth-order valence-electron chi connectivity index (χ4n) is 3.23. The van der Waals surface area contributed by atoms with E-state index in [0.717, 1.165) is 33.8 Å². The number of carbonyl (C=O) groups excluding carboxylic acids is 2. The number of thioether (sulfide) groups is 1. The number of nitrogens with zero attached hydrogens (tertiary/aromatic N) is 4. The highest BCUT2D eigenvalue weighted by molar-refractivity contribution is 8.18. The number of aromatic nitrogens is 1. The fourth-order valence-corrected chi connectivity index (χ4v) is 3.90. The Morgan fingerprint density at radius 1 is 1.14 bits per heavy atom. The van der Waals surface area contributed by atoms with E-state index < -0.39 is 0 Å². The van der Waals surface area contributed by atoms with Gasteiger partial charge in [-0.25, -0.2) is 0 Å². The Balaban J connectivity index is 1.70. The van der Waals surface area contributed by atoms with E-state index in [1.807, 2.05) is 65.4 Å². The summed E-state index contributed by atoms with van der Waals surface area (Å²) in [4.78, 5) is 26.6. The van der Waals surface area contributed by atoms with E-state index in [1.165, 1.54) is 0 Å². The van der Waals surface area contributed by atoms with Crippen LogP contribution in [0.15, 0.2) is 70.8 Å². The van der Waals surface area contributed by atoms with Crippen LogP contribution < -0.4 is 5.32 Å². The maximum Gasteiger partial charge on any atom is 0.290 e. The quantitative estimate of drug-likeness (QED) is 0.287. The molecule has 1 fully saturated rings. The summed E-state index contributed by atoms with van der Waals surface area (Å²) in [5, 5.41) is 6.81. The third-order valence-electron chi connectivity index (χ3n) is 4.52. The molecule has 1 aromatic heterocycles. The van der Waals surface area contributed by atoms with Crippen molar-refractivity contribution in [2.75, 3.05) is 0 Å². The minimum absolute atomic E-state index is 0.336. The molecule has 8 heteroatoms. The Morgan fingerprint density at radius 3 is 2.68 bits per heavy atom. The van der Waals surface area contributed by atoms with Crippen molar-refractivity contribution < 1.29 is 9.59 Å². The van der Waals surface area contributed by atoms with Crippen LogP contribution in [0.4, 0.5) is 4.79 Å². The van der Waals surface area contributed by atoms with Gasteiger partial charge in [0.15, 0.2) is 0 Å². The molecule has 1 unspecified atom stereocenters. The van der Waals surface area contributed by atoms with Gasteiger partial charge >= 0.3 is 0 Å². The molecule has 4 rings (SSSR count). The lowest BCUT2D eigenvalue weighted by Crippen LogP contribution is -2.17. The Labute approximate surface area is 164 Å². The molecule has 0 radical (unpaired) electrons. The van der Waals surface area contributed by atoms with Crippen LogP contribution in [0.3, 0.4) is 0 Å². The first-order valence-corrected chi connectivity index (χ1v) is 9.39. The second-order valence-electron chi connectivity index (χ2n) is 6.23. The summed E-state index contributed by atoms with van der Waals surface area (Å²) in [5.74, 6) is -0.376. The van der Waals surface area contributed by atoms with Gasteiger partial charge < -0.3 is 4.57 Å². The molecule has 3 aromatic rings. The summed E-state index contributed by atoms with van der Waals surface area (Å²) >= 11 is 0.898. The summed E-state index contributed by atoms with van der Waals surface area (Å²) < 4.78 is 2.02. The number of fused-ring (bicyclic) bond motifs is 1. The van der Waals surface area contributed by atoms with Gasteiger partial charge in [0.25, 0.3) is 11.1 Å². The lowest BCUT2D eigenvalue weighted by atomic mass is 10.1. The summed E-state index contributed by atoms with van der Waals surface area (Å²) in [7, 11) is 0. The first kappa shape index (κ1) is 17.9. The Kier molecular flexibility index (Phi) is 4.89. The topological polar surface area (TPSA) is 99.9 Å². The number of nitrogens with one attached hydrogen (secondary N) is 1. The molecule has 1 atom stereocenters. The average molecular weight is 389 g/mol. The van der Waals surface area contributed by atoms with E-state index in [0.29, 0.717) is 11.4 Å². The van der Waals surface area contributed by atoms with Gasteiger partial charge in [0.2, 0.25) is 0 Å². The molecule has 28 heavy (non-hydrogen) atoms. The van der Waals surface area contributed by atoms with Crippen molar-refractivity contribution in [3.63, 3.8) is 0 Å². The number of hydrogen-bond acceptors (Lipinski definition) is 4. The lowest BCUT2D eigenvalue weighted by molar-refractivity contribution is -0.115. The summed E-state index contributed by atoms with van der Waals surface area (Å²) in [6.07, 6.45) is 3.65. The number of imide groups is 1. The highest BCUT2D eigenvalue weighted by atomic mass is 32.2. The van der Waals surface area contributed by atoms with Crippen molar-refractivity contribution in [3.8, 4) is 0 Å². The molecule has 0 saturated carbocycles. The fraction of sp³-hybridized carbons (Fsp3) is 0.100. The van der Waals surface area contributed by atoms with Crippen LogP contribution in [0.2, 0.25) is 0 Å². The molecule has 1 saturated heterocycles. The van der Waals surface area contributed by atoms with Gasteiger partial charge in [-0.2, -0.15) is 0 Å². The van der Waals surface area contributed by atoms with E-state index in [9.17, 15) is 9.59 Å². The predicted molar refractivity (Wildman–Crippen MR) is 109 cm³/mol. The average Bonchev–Trinajstić information content (AvgIpc) is 3.25. The van der Waals surface area contributed by atoms with Crippen molar-refractivity contribution in [1.29, 1.82) is 0 Å². The van der Waals surface area contributed by atoms with Crippen LogP contribution in [0.1, 0.15) is 17.2 Å². The van der Waals surface area contributed by atoms with Crippen LogP contribution in [-0.4, -0.2) is 15.7 Å². The van der Waals surface area contributed by atoms with E-state index in [4.69, 9.17) is 5.53 Å². The zero-order valence-electron chi connectivity index (χ0n) is 14.6. The maximum atomic E-state index is 11.8. The highest BCUT2D eigenvalue weighted by Crippen LogP contribution is 2.30. The van der Waals surface area contributed by atoms with E-state index in [2.05, 4.69) is 15.3 Å². The van der Waals surface area contributed by atoms with Crippen molar-refractivity contribution in [2.45, 2.75) is 12.6 Å². The van der Waals surface area contributed by atoms with Crippen molar-refractivity contribution in [2.24, 2.45) is 5.11 Å². The van der Waals surface area contributed by atoms with Crippen LogP contribution in [0.25, 0.3) is 27.4 Å². The van der Waals surface area contributed by atoms with Crippen LogP contribution in [0.5, 0.6) is 0 Å². The third kappa shape index (κ3) is 3.51. The van der Waals surface area contributed by atoms with Crippen LogP contribution in [0, 0.1) is 0 Å². The SMILES string of the molecule is [N-]=[N+]=NC(Cn1ccc2c(C=C3SC(=O)NC3=O)cccc21)c1ccccc1. The van der Waals surface area contributed by atoms with E-state index >= 15 is 0 Å². The van der Waals surface area contributed by atoms with Gasteiger partial charge in [-0.15, -0.1) is 0 Å². The molecular weight excluding hydrogens is 374 g/mol. The molecule has 0 spiro atoms. The van der Waals surface area contributed by atoms with Gasteiger partial charge in [-0.05, 0) is 46.6 Å². The molecule has 2 heterocycles. The van der Waals surface area contributed by atoms with Crippen LogP contribution >= 0.6 is 11.8 Å². The van der Waals surface area contributed by atoms with Gasteiger partial charge in [-0.3, -0.25) is 14.9 Å². The monoisotopic (exact) mass is 389 g/mol. The molecular formula is C20H15N5O2S. The predicted octanol–water partition coefficient (Wildman–Crippen LogP) is 5.02. The largest absolute Gasteiger partial charge is 0.347 e. The second kappa shape index (κ2) is 7.64. The summed E-state index contributed by atoms with van der Waals surface area (Å²) in [5.41, 5.74) is 11.7. The minimum Gasteiger partial charge on any atom is -0.347 e. The Hall–Kier alpha value is -3.48. The number of rotatable bonds is 5. The number of hydrogen-bond donors (Lipinski definition) is 1. The number of carbonyl (C=O) groups is 2. The van der Waals surface area contributed by atoms with Gasteiger partial charge in [0, 0.05) is 28.6 Å². The van der Waals surface area contributed by atoms with Crippen molar-refractivity contribution in [3.05, 3.63) is 87.3 Å². The van der Waals surface area contributed by atoms with Gasteiger partial charge in [0.1, 0.15) is 0 Å². The molecule has 2 amide bonds. The zero-order chi connectivity index (χ0) is 19.5. The van der Waals surface area contributed by atoms with E-state index in [1.54, 1.807) is 6.08 Å². The van der Waals surface area contributed by atoms with Gasteiger partial charge in [0.05, 0.1) is 10.9 Å².